The van der Waals surface area contributed by atoms with Crippen molar-refractivity contribution in [3.8, 4) is 0 Å². The quantitative estimate of drug-likeness (QED) is 0.807. The van der Waals surface area contributed by atoms with E-state index in [1.54, 1.807) is 0 Å². The van der Waals surface area contributed by atoms with Crippen molar-refractivity contribution in [1.82, 2.24) is 15.5 Å². The summed E-state index contributed by atoms with van der Waals surface area (Å²) in [6.07, 6.45) is 1.01. The summed E-state index contributed by atoms with van der Waals surface area (Å²) in [5.41, 5.74) is 0. The molecule has 0 radical (unpaired) electrons. The maximum absolute atomic E-state index is 5.37. The molecule has 0 spiro atoms. The van der Waals surface area contributed by atoms with Crippen molar-refractivity contribution in [2.75, 3.05) is 26.3 Å². The number of nitrogens with one attached hydrogen (secondary N) is 1. The van der Waals surface area contributed by atoms with Crippen LogP contribution in [0.4, 0.5) is 0 Å². The van der Waals surface area contributed by atoms with Crippen LogP contribution in [0.1, 0.15) is 36.9 Å². The Balaban J connectivity index is 1.76. The molecular formula is C11H17N3O2. The van der Waals surface area contributed by atoms with Gasteiger partial charge in [-0.1, -0.05) is 12.1 Å². The molecule has 1 aromatic heterocycles. The summed E-state index contributed by atoms with van der Waals surface area (Å²) in [7, 11) is 0. The molecule has 3 atom stereocenters. The normalized spacial score (nSPS) is 34.7. The zero-order chi connectivity index (χ0) is 11.0. The summed E-state index contributed by atoms with van der Waals surface area (Å²) >= 11 is 0. The minimum atomic E-state index is 0.335. The van der Waals surface area contributed by atoms with Crippen LogP contribution in [0.5, 0.6) is 0 Å². The van der Waals surface area contributed by atoms with Crippen LogP contribution in [0.25, 0.3) is 0 Å². The van der Waals surface area contributed by atoms with Crippen molar-refractivity contribution >= 4 is 0 Å². The lowest BCUT2D eigenvalue weighted by atomic mass is 9.98. The minimum Gasteiger partial charge on any atom is -0.381 e. The molecule has 2 saturated heterocycles. The zero-order valence-electron chi connectivity index (χ0n) is 9.48. The number of hydrogen-bond donors (Lipinski definition) is 1. The molecule has 0 aromatic carbocycles. The van der Waals surface area contributed by atoms with Gasteiger partial charge in [-0.15, -0.1) is 0 Å². The van der Waals surface area contributed by atoms with E-state index in [4.69, 9.17) is 9.26 Å². The second-order valence-corrected chi connectivity index (χ2v) is 4.79. The van der Waals surface area contributed by atoms with Crippen molar-refractivity contribution in [3.05, 3.63) is 11.7 Å². The van der Waals surface area contributed by atoms with Crippen LogP contribution in [-0.4, -0.2) is 36.4 Å². The second kappa shape index (κ2) is 4.14. The Kier molecular flexibility index (Phi) is 2.65. The molecule has 2 aliphatic heterocycles. The predicted molar refractivity (Wildman–Crippen MR) is 57.2 cm³/mol. The van der Waals surface area contributed by atoms with Crippen LogP contribution in [-0.2, 0) is 4.74 Å². The van der Waals surface area contributed by atoms with E-state index >= 15 is 0 Å². The second-order valence-electron chi connectivity index (χ2n) is 4.79. The lowest BCUT2D eigenvalue weighted by Gasteiger charge is -2.07. The summed E-state index contributed by atoms with van der Waals surface area (Å²) in [5.74, 6) is 2.91. The Morgan fingerprint density at radius 3 is 3.00 bits per heavy atom. The summed E-state index contributed by atoms with van der Waals surface area (Å²) in [5, 5.41) is 7.43. The lowest BCUT2D eigenvalue weighted by Crippen LogP contribution is -2.09. The first kappa shape index (κ1) is 10.2. The van der Waals surface area contributed by atoms with E-state index in [1.807, 2.05) is 0 Å². The molecule has 88 valence electrons. The predicted octanol–water partition coefficient (Wildman–Crippen LogP) is 0.896. The van der Waals surface area contributed by atoms with Crippen LogP contribution in [0.15, 0.2) is 4.52 Å². The van der Waals surface area contributed by atoms with Crippen LogP contribution >= 0.6 is 0 Å². The number of nitrogens with zero attached hydrogens (tertiary/aromatic N) is 2. The van der Waals surface area contributed by atoms with Gasteiger partial charge in [0.1, 0.15) is 0 Å². The monoisotopic (exact) mass is 223 g/mol. The average Bonchev–Trinajstić information content (AvgIpc) is 2.96. The van der Waals surface area contributed by atoms with Crippen LogP contribution in [0.2, 0.25) is 0 Å². The summed E-state index contributed by atoms with van der Waals surface area (Å²) in [6.45, 7) is 5.75. The van der Waals surface area contributed by atoms with E-state index in [0.29, 0.717) is 17.8 Å². The first-order valence-electron chi connectivity index (χ1n) is 5.96. The van der Waals surface area contributed by atoms with E-state index < -0.39 is 0 Å². The summed E-state index contributed by atoms with van der Waals surface area (Å²) in [4.78, 5) is 4.53. The zero-order valence-corrected chi connectivity index (χ0v) is 9.48. The van der Waals surface area contributed by atoms with Gasteiger partial charge in [-0.05, 0) is 18.9 Å². The fourth-order valence-electron chi connectivity index (χ4n) is 2.44. The van der Waals surface area contributed by atoms with Crippen LogP contribution < -0.4 is 5.32 Å². The molecule has 1 unspecified atom stereocenters. The highest BCUT2D eigenvalue weighted by molar-refractivity contribution is 5.04. The van der Waals surface area contributed by atoms with Crippen molar-refractivity contribution in [2.45, 2.75) is 25.2 Å². The average molecular weight is 223 g/mol. The third-order valence-electron chi connectivity index (χ3n) is 3.59. The third-order valence-corrected chi connectivity index (χ3v) is 3.59. The highest BCUT2D eigenvalue weighted by Crippen LogP contribution is 2.29. The molecule has 0 bridgehead atoms. The van der Waals surface area contributed by atoms with Crippen molar-refractivity contribution in [2.24, 2.45) is 5.92 Å². The van der Waals surface area contributed by atoms with E-state index in [-0.39, 0.29) is 0 Å². The molecular weight excluding hydrogens is 206 g/mol. The molecule has 1 N–H and O–H groups in total. The SMILES string of the molecule is C[C@@H]1CNC[C@H]1c1nc(C2CCOC2)no1. The maximum Gasteiger partial charge on any atom is 0.231 e. The van der Waals surface area contributed by atoms with Gasteiger partial charge in [0.25, 0.3) is 0 Å². The van der Waals surface area contributed by atoms with E-state index in [9.17, 15) is 0 Å². The van der Waals surface area contributed by atoms with Gasteiger partial charge in [-0.25, -0.2) is 0 Å². The van der Waals surface area contributed by atoms with Gasteiger partial charge < -0.3 is 14.6 Å². The molecule has 3 heterocycles. The number of aromatic nitrogens is 2. The first-order valence-corrected chi connectivity index (χ1v) is 5.96. The molecule has 3 rings (SSSR count). The van der Waals surface area contributed by atoms with Gasteiger partial charge in [0.15, 0.2) is 5.82 Å². The maximum atomic E-state index is 5.37. The summed E-state index contributed by atoms with van der Waals surface area (Å²) < 4.78 is 10.7. The molecule has 16 heavy (non-hydrogen) atoms. The molecule has 2 fully saturated rings. The Hall–Kier alpha value is -0.940. The minimum absolute atomic E-state index is 0.335. The highest BCUT2D eigenvalue weighted by atomic mass is 16.5. The standard InChI is InChI=1S/C11H17N3O2/c1-7-4-12-5-9(7)11-13-10(14-16-11)8-2-3-15-6-8/h7-9,12H,2-6H2,1H3/t7-,8?,9-/m1/s1. The molecule has 2 aliphatic rings. The number of ether oxygens (including phenoxy) is 1. The van der Waals surface area contributed by atoms with Gasteiger partial charge >= 0.3 is 0 Å². The molecule has 0 aliphatic carbocycles. The van der Waals surface area contributed by atoms with Gasteiger partial charge in [0.2, 0.25) is 5.89 Å². The molecule has 5 nitrogen and oxygen atoms in total. The molecule has 5 heteroatoms. The summed E-state index contributed by atoms with van der Waals surface area (Å²) in [6, 6.07) is 0. The Labute approximate surface area is 94.6 Å². The Morgan fingerprint density at radius 1 is 1.38 bits per heavy atom. The molecule has 0 amide bonds. The first-order chi connectivity index (χ1) is 7.84. The van der Waals surface area contributed by atoms with Crippen molar-refractivity contribution in [3.63, 3.8) is 0 Å². The van der Waals surface area contributed by atoms with Gasteiger partial charge in [-0.2, -0.15) is 4.98 Å². The Morgan fingerprint density at radius 2 is 2.31 bits per heavy atom. The van der Waals surface area contributed by atoms with E-state index in [0.717, 1.165) is 44.4 Å². The van der Waals surface area contributed by atoms with Gasteiger partial charge in [0.05, 0.1) is 12.5 Å². The van der Waals surface area contributed by atoms with Crippen LogP contribution in [0.3, 0.4) is 0 Å². The lowest BCUT2D eigenvalue weighted by molar-refractivity contribution is 0.192. The number of rotatable bonds is 2. The third kappa shape index (κ3) is 1.74. The smallest absolute Gasteiger partial charge is 0.231 e. The highest BCUT2D eigenvalue weighted by Gasteiger charge is 2.31. The van der Waals surface area contributed by atoms with Crippen molar-refractivity contribution < 1.29 is 9.26 Å². The fourth-order valence-corrected chi connectivity index (χ4v) is 2.44. The van der Waals surface area contributed by atoms with Gasteiger partial charge in [0, 0.05) is 19.1 Å². The van der Waals surface area contributed by atoms with E-state index in [1.165, 1.54) is 0 Å². The van der Waals surface area contributed by atoms with Crippen LogP contribution in [0, 0.1) is 5.92 Å². The largest absolute Gasteiger partial charge is 0.381 e. The van der Waals surface area contributed by atoms with E-state index in [2.05, 4.69) is 22.4 Å². The Bertz CT molecular complexity index is 360. The molecule has 1 aromatic rings. The molecule has 0 saturated carbocycles. The number of hydrogen-bond acceptors (Lipinski definition) is 5. The van der Waals surface area contributed by atoms with Crippen molar-refractivity contribution in [1.29, 1.82) is 0 Å². The van der Waals surface area contributed by atoms with Gasteiger partial charge in [-0.3, -0.25) is 0 Å². The topological polar surface area (TPSA) is 60.2 Å². The fraction of sp³-hybridized carbons (Fsp3) is 0.818.